The number of carbonyl (C=O) groups excluding carboxylic acids is 1. The molecule has 1 atom stereocenters. The fourth-order valence-electron chi connectivity index (χ4n) is 3.45. The van der Waals surface area contributed by atoms with Crippen LogP contribution in [0.4, 0.5) is 0 Å². The number of amides is 1. The lowest BCUT2D eigenvalue weighted by Gasteiger charge is -2.33. The van der Waals surface area contributed by atoms with Crippen molar-refractivity contribution in [1.82, 2.24) is 10.2 Å². The molecule has 0 radical (unpaired) electrons. The summed E-state index contributed by atoms with van der Waals surface area (Å²) in [4.78, 5) is 15.1. The molecular weight excluding hydrogens is 376 g/mol. The average molecular weight is 403 g/mol. The highest BCUT2D eigenvalue weighted by atomic mass is 32.2. The van der Waals surface area contributed by atoms with Crippen molar-refractivity contribution in [3.63, 3.8) is 0 Å². The molecule has 1 aliphatic heterocycles. The molecule has 3 rings (SSSR count). The van der Waals surface area contributed by atoms with E-state index in [1.165, 1.54) is 0 Å². The van der Waals surface area contributed by atoms with Gasteiger partial charge in [-0.1, -0.05) is 54.6 Å². The molecule has 1 saturated heterocycles. The Bertz CT molecular complexity index is 886. The number of carbonyl (C=O) groups is 1. The van der Waals surface area contributed by atoms with E-state index >= 15 is 0 Å². The van der Waals surface area contributed by atoms with Crippen LogP contribution in [0.15, 0.2) is 54.6 Å². The quantitative estimate of drug-likeness (QED) is 0.766. The molecule has 28 heavy (non-hydrogen) atoms. The maximum Gasteiger partial charge on any atom is 0.242 e. The molecule has 0 saturated carbocycles. The predicted octanol–water partition coefficient (Wildman–Crippen LogP) is 1.92. The van der Waals surface area contributed by atoms with E-state index in [0.29, 0.717) is 26.2 Å². The number of nitrogens with zero attached hydrogens (tertiary/aromatic N) is 1. The second-order valence-corrected chi connectivity index (χ2v) is 9.22. The van der Waals surface area contributed by atoms with Crippen LogP contribution < -0.4 is 5.32 Å². The summed E-state index contributed by atoms with van der Waals surface area (Å²) in [6.07, 6.45) is 0. The van der Waals surface area contributed by atoms with Crippen LogP contribution in [0.2, 0.25) is 0 Å². The minimum Gasteiger partial charge on any atom is -0.380 e. The molecule has 0 spiro atoms. The lowest BCUT2D eigenvalue weighted by Crippen LogP contribution is -2.47. The monoisotopic (exact) mass is 402 g/mol. The molecule has 7 heteroatoms. The van der Waals surface area contributed by atoms with Gasteiger partial charge in [0.05, 0.1) is 18.1 Å². The highest BCUT2D eigenvalue weighted by Crippen LogP contribution is 2.23. The van der Waals surface area contributed by atoms with E-state index in [0.717, 1.165) is 16.7 Å². The molecule has 6 nitrogen and oxygen atoms in total. The molecule has 1 heterocycles. The zero-order valence-corrected chi connectivity index (χ0v) is 16.8. The van der Waals surface area contributed by atoms with Crippen LogP contribution in [0.1, 0.15) is 22.7 Å². The zero-order chi connectivity index (χ0) is 20.0. The third-order valence-electron chi connectivity index (χ3n) is 4.98. The summed E-state index contributed by atoms with van der Waals surface area (Å²) in [5.41, 5.74) is 2.90. The van der Waals surface area contributed by atoms with Gasteiger partial charge < -0.3 is 10.1 Å². The maximum atomic E-state index is 13.1. The molecule has 1 aliphatic rings. The molecule has 2 aromatic carbocycles. The van der Waals surface area contributed by atoms with Gasteiger partial charge in [-0.15, -0.1) is 0 Å². The number of benzene rings is 2. The number of sulfone groups is 1. The second-order valence-electron chi connectivity index (χ2n) is 6.92. The summed E-state index contributed by atoms with van der Waals surface area (Å²) in [5, 5.41) is 3.03. The highest BCUT2D eigenvalue weighted by molar-refractivity contribution is 7.91. The molecule has 150 valence electrons. The third kappa shape index (κ3) is 5.19. The van der Waals surface area contributed by atoms with Gasteiger partial charge in [0.1, 0.15) is 6.04 Å². The van der Waals surface area contributed by atoms with Crippen LogP contribution in [-0.2, 0) is 32.5 Å². The van der Waals surface area contributed by atoms with Crippen LogP contribution in [0.25, 0.3) is 0 Å². The topological polar surface area (TPSA) is 75.7 Å². The number of methoxy groups -OCH3 is 1. The molecule has 0 aliphatic carbocycles. The Hall–Kier alpha value is -2.22. The Morgan fingerprint density at radius 2 is 1.64 bits per heavy atom. The highest BCUT2D eigenvalue weighted by Gasteiger charge is 2.32. The van der Waals surface area contributed by atoms with Crippen LogP contribution in [0.5, 0.6) is 0 Å². The summed E-state index contributed by atoms with van der Waals surface area (Å²) in [6.45, 7) is 1.59. The van der Waals surface area contributed by atoms with Crippen molar-refractivity contribution >= 4 is 15.7 Å². The van der Waals surface area contributed by atoms with E-state index in [2.05, 4.69) is 5.32 Å². The van der Waals surface area contributed by atoms with Gasteiger partial charge in [-0.05, 0) is 16.7 Å². The van der Waals surface area contributed by atoms with E-state index < -0.39 is 15.9 Å². The zero-order valence-electron chi connectivity index (χ0n) is 16.0. The van der Waals surface area contributed by atoms with Crippen molar-refractivity contribution in [2.45, 2.75) is 19.2 Å². The van der Waals surface area contributed by atoms with E-state index in [-0.39, 0.29) is 17.4 Å². The van der Waals surface area contributed by atoms with Gasteiger partial charge in [0.15, 0.2) is 9.84 Å². The van der Waals surface area contributed by atoms with Gasteiger partial charge in [-0.25, -0.2) is 8.42 Å². The molecule has 1 fully saturated rings. The SMILES string of the molecule is COCc1ccccc1CNC(=O)C(c1ccccc1)N1CCS(=O)(=O)CC1. The second kappa shape index (κ2) is 9.32. The third-order valence-corrected chi connectivity index (χ3v) is 6.59. The first-order chi connectivity index (χ1) is 13.5. The normalized spacial score (nSPS) is 17.8. The first-order valence-electron chi connectivity index (χ1n) is 9.33. The van der Waals surface area contributed by atoms with Crippen molar-refractivity contribution in [2.24, 2.45) is 0 Å². The van der Waals surface area contributed by atoms with Crippen molar-refractivity contribution in [3.05, 3.63) is 71.3 Å². The Balaban J connectivity index is 1.76. The summed E-state index contributed by atoms with van der Waals surface area (Å²) in [6, 6.07) is 16.8. The van der Waals surface area contributed by atoms with E-state index in [1.807, 2.05) is 59.5 Å². The van der Waals surface area contributed by atoms with Gasteiger partial charge in [-0.2, -0.15) is 0 Å². The predicted molar refractivity (Wildman–Crippen MR) is 108 cm³/mol. The first-order valence-corrected chi connectivity index (χ1v) is 11.1. The van der Waals surface area contributed by atoms with Crippen molar-refractivity contribution < 1.29 is 17.9 Å². The number of nitrogens with one attached hydrogen (secondary N) is 1. The number of hydrogen-bond donors (Lipinski definition) is 1. The molecule has 1 N–H and O–H groups in total. The Kier molecular flexibility index (Phi) is 6.83. The van der Waals surface area contributed by atoms with Crippen LogP contribution in [0, 0.1) is 0 Å². The van der Waals surface area contributed by atoms with Gasteiger partial charge in [0.25, 0.3) is 0 Å². The minimum atomic E-state index is -3.01. The minimum absolute atomic E-state index is 0.0836. The number of hydrogen-bond acceptors (Lipinski definition) is 5. The fourth-order valence-corrected chi connectivity index (χ4v) is 4.68. The van der Waals surface area contributed by atoms with Crippen molar-refractivity contribution in [2.75, 3.05) is 31.7 Å². The average Bonchev–Trinajstić information content (AvgIpc) is 2.70. The van der Waals surface area contributed by atoms with E-state index in [9.17, 15) is 13.2 Å². The largest absolute Gasteiger partial charge is 0.380 e. The van der Waals surface area contributed by atoms with Gasteiger partial charge in [0, 0.05) is 26.7 Å². The van der Waals surface area contributed by atoms with E-state index in [1.54, 1.807) is 7.11 Å². The fraction of sp³-hybridized carbons (Fsp3) is 0.381. The van der Waals surface area contributed by atoms with E-state index in [4.69, 9.17) is 4.74 Å². The smallest absolute Gasteiger partial charge is 0.242 e. The summed E-state index contributed by atoms with van der Waals surface area (Å²) in [7, 11) is -1.37. The van der Waals surface area contributed by atoms with Crippen molar-refractivity contribution in [1.29, 1.82) is 0 Å². The van der Waals surface area contributed by atoms with Crippen molar-refractivity contribution in [3.8, 4) is 0 Å². The lowest BCUT2D eigenvalue weighted by atomic mass is 10.0. The Morgan fingerprint density at radius 3 is 2.29 bits per heavy atom. The molecule has 1 unspecified atom stereocenters. The summed E-state index contributed by atoms with van der Waals surface area (Å²) >= 11 is 0. The Morgan fingerprint density at radius 1 is 1.04 bits per heavy atom. The maximum absolute atomic E-state index is 13.1. The van der Waals surface area contributed by atoms with Crippen LogP contribution >= 0.6 is 0 Å². The molecular formula is C21H26N2O4S. The molecule has 1 amide bonds. The summed E-state index contributed by atoms with van der Waals surface area (Å²) in [5.74, 6) is 0.0401. The van der Waals surface area contributed by atoms with Gasteiger partial charge >= 0.3 is 0 Å². The first kappa shape index (κ1) is 20.5. The molecule has 2 aromatic rings. The van der Waals surface area contributed by atoms with Gasteiger partial charge in [0.2, 0.25) is 5.91 Å². The summed E-state index contributed by atoms with van der Waals surface area (Å²) < 4.78 is 28.8. The number of rotatable bonds is 7. The Labute approximate surface area is 166 Å². The number of ether oxygens (including phenoxy) is 1. The van der Waals surface area contributed by atoms with Crippen LogP contribution in [-0.4, -0.2) is 50.9 Å². The molecule has 0 aromatic heterocycles. The van der Waals surface area contributed by atoms with Gasteiger partial charge in [-0.3, -0.25) is 9.69 Å². The van der Waals surface area contributed by atoms with Crippen LogP contribution in [0.3, 0.4) is 0 Å². The standard InChI is InChI=1S/C21H26N2O4S/c1-27-16-19-10-6-5-9-18(19)15-22-21(24)20(17-7-3-2-4-8-17)23-11-13-28(25,26)14-12-23/h2-10,20H,11-16H2,1H3,(H,22,24). The molecule has 0 bridgehead atoms. The lowest BCUT2D eigenvalue weighted by molar-refractivity contribution is -0.126.